The molecule has 4 aromatic rings. The van der Waals surface area contributed by atoms with Gasteiger partial charge in [0.15, 0.2) is 5.82 Å². The van der Waals surface area contributed by atoms with E-state index in [0.717, 1.165) is 37.9 Å². The minimum atomic E-state index is -0.943. The number of aromatic nitrogens is 3. The monoisotopic (exact) mass is 508 g/mol. The third-order valence-electron chi connectivity index (χ3n) is 6.89. The second kappa shape index (κ2) is 9.51. The van der Waals surface area contributed by atoms with Crippen molar-refractivity contribution in [2.45, 2.75) is 26.8 Å². The molecule has 1 aliphatic rings. The quantitative estimate of drug-likeness (QED) is 0.422. The van der Waals surface area contributed by atoms with Crippen LogP contribution < -0.4 is 16.2 Å². The van der Waals surface area contributed by atoms with Crippen molar-refractivity contribution in [3.05, 3.63) is 70.0 Å². The minimum Gasteiger partial charge on any atom is -0.382 e. The second-order valence-corrected chi connectivity index (χ2v) is 9.53. The van der Waals surface area contributed by atoms with E-state index in [-0.39, 0.29) is 33.8 Å². The van der Waals surface area contributed by atoms with Crippen LogP contribution in [0.1, 0.15) is 19.5 Å². The molecule has 0 aliphatic carbocycles. The highest BCUT2D eigenvalue weighted by Crippen LogP contribution is 2.32. The van der Waals surface area contributed by atoms with Crippen molar-refractivity contribution in [1.82, 2.24) is 19.9 Å². The standard InChI is InChI=1S/C27H27F3N6O/c1-14(2)35-8-10-36(11-9-35)18-6-4-16(5-7-18)23-25(30)34-26(31)24(33-23)17-12-19-21(20(28)13-17)27(37)32-15(3)22(19)29/h4-7,12-14H,8-11H2,1-3H3,(H2,31,34)(H,32,37). The van der Waals surface area contributed by atoms with Crippen LogP contribution in [0.25, 0.3) is 33.3 Å². The molecular formula is C27H27F3N6O. The Kier molecular flexibility index (Phi) is 6.36. The lowest BCUT2D eigenvalue weighted by molar-refractivity contribution is 0.209. The molecule has 3 heterocycles. The van der Waals surface area contributed by atoms with Crippen molar-refractivity contribution in [2.24, 2.45) is 0 Å². The average Bonchev–Trinajstić information content (AvgIpc) is 2.87. The number of piperazine rings is 1. The minimum absolute atomic E-state index is 0.0107. The molecule has 2 aromatic heterocycles. The molecule has 1 fully saturated rings. The number of pyridine rings is 1. The van der Waals surface area contributed by atoms with Gasteiger partial charge < -0.3 is 15.6 Å². The number of benzene rings is 2. The Bertz CT molecular complexity index is 1540. The highest BCUT2D eigenvalue weighted by Gasteiger charge is 2.21. The predicted molar refractivity (Wildman–Crippen MR) is 139 cm³/mol. The van der Waals surface area contributed by atoms with Crippen LogP contribution in [0.5, 0.6) is 0 Å². The number of H-pyrrole nitrogens is 1. The second-order valence-electron chi connectivity index (χ2n) is 9.53. The van der Waals surface area contributed by atoms with Gasteiger partial charge in [-0.15, -0.1) is 0 Å². The molecule has 0 saturated carbocycles. The fraction of sp³-hybridized carbons (Fsp3) is 0.296. The molecule has 5 rings (SSSR count). The van der Waals surface area contributed by atoms with Gasteiger partial charge in [-0.1, -0.05) is 12.1 Å². The maximum Gasteiger partial charge on any atom is 0.259 e. The first-order valence-electron chi connectivity index (χ1n) is 12.1. The Morgan fingerprint density at radius 1 is 0.946 bits per heavy atom. The van der Waals surface area contributed by atoms with E-state index in [1.54, 1.807) is 12.1 Å². The van der Waals surface area contributed by atoms with Crippen LogP contribution in [0.2, 0.25) is 0 Å². The summed E-state index contributed by atoms with van der Waals surface area (Å²) in [5, 5.41) is -0.629. The topological polar surface area (TPSA) is 91.1 Å². The summed E-state index contributed by atoms with van der Waals surface area (Å²) in [5.74, 6) is -2.86. The van der Waals surface area contributed by atoms with Crippen LogP contribution in [0.15, 0.2) is 41.2 Å². The summed E-state index contributed by atoms with van der Waals surface area (Å²) in [6.07, 6.45) is 0. The number of hydrogen-bond acceptors (Lipinski definition) is 6. The zero-order chi connectivity index (χ0) is 26.4. The van der Waals surface area contributed by atoms with E-state index in [1.807, 2.05) is 12.1 Å². The third-order valence-corrected chi connectivity index (χ3v) is 6.89. The van der Waals surface area contributed by atoms with Gasteiger partial charge in [-0.05, 0) is 45.0 Å². The fourth-order valence-electron chi connectivity index (χ4n) is 4.79. The number of nitrogens with one attached hydrogen (secondary N) is 1. The zero-order valence-corrected chi connectivity index (χ0v) is 20.8. The van der Waals surface area contributed by atoms with Crippen LogP contribution in [0.3, 0.4) is 0 Å². The molecule has 7 nitrogen and oxygen atoms in total. The number of rotatable bonds is 4. The summed E-state index contributed by atoms with van der Waals surface area (Å²) in [4.78, 5) is 27.3. The fourth-order valence-corrected chi connectivity index (χ4v) is 4.79. The Morgan fingerprint density at radius 3 is 2.27 bits per heavy atom. The number of nitrogens with two attached hydrogens (primary N) is 1. The van der Waals surface area contributed by atoms with Gasteiger partial charge in [-0.2, -0.15) is 9.37 Å². The first-order chi connectivity index (χ1) is 17.6. The SMILES string of the molecule is Cc1[nH]c(=O)c2c(F)cc(-c3nc(-c4ccc(N5CCN(C(C)C)CC5)cc4)c(F)nc3N)cc2c1F. The maximum absolute atomic E-state index is 14.9. The van der Waals surface area contributed by atoms with Crippen molar-refractivity contribution in [3.8, 4) is 22.5 Å². The first kappa shape index (κ1) is 24.8. The van der Waals surface area contributed by atoms with Crippen LogP contribution in [-0.4, -0.2) is 52.1 Å². The van der Waals surface area contributed by atoms with Gasteiger partial charge in [0.25, 0.3) is 5.56 Å². The van der Waals surface area contributed by atoms with Gasteiger partial charge in [0.1, 0.15) is 23.0 Å². The lowest BCUT2D eigenvalue weighted by Crippen LogP contribution is -2.48. The van der Waals surface area contributed by atoms with E-state index in [2.05, 4.69) is 38.6 Å². The van der Waals surface area contributed by atoms with Crippen LogP contribution >= 0.6 is 0 Å². The summed E-state index contributed by atoms with van der Waals surface area (Å²) < 4.78 is 44.5. The summed E-state index contributed by atoms with van der Waals surface area (Å²) in [5.41, 5.74) is 6.65. The normalized spacial score (nSPS) is 14.6. The highest BCUT2D eigenvalue weighted by atomic mass is 19.1. The Hall–Kier alpha value is -3.92. The van der Waals surface area contributed by atoms with Crippen molar-refractivity contribution in [3.63, 3.8) is 0 Å². The molecule has 37 heavy (non-hydrogen) atoms. The zero-order valence-electron chi connectivity index (χ0n) is 20.8. The molecule has 0 unspecified atom stereocenters. The number of nitrogens with zero attached hydrogens (tertiary/aromatic N) is 4. The Labute approximate surface area is 211 Å². The van der Waals surface area contributed by atoms with Crippen molar-refractivity contribution in [2.75, 3.05) is 36.8 Å². The lowest BCUT2D eigenvalue weighted by Gasteiger charge is -2.38. The van der Waals surface area contributed by atoms with Crippen molar-refractivity contribution in [1.29, 1.82) is 0 Å². The van der Waals surface area contributed by atoms with Gasteiger partial charge in [0.05, 0.1) is 11.1 Å². The molecule has 0 radical (unpaired) electrons. The van der Waals surface area contributed by atoms with E-state index in [1.165, 1.54) is 13.0 Å². The number of hydrogen-bond donors (Lipinski definition) is 2. The molecule has 10 heteroatoms. The number of nitrogen functional groups attached to an aromatic ring is 1. The maximum atomic E-state index is 14.9. The summed E-state index contributed by atoms with van der Waals surface area (Å²) in [6, 6.07) is 10.1. The van der Waals surface area contributed by atoms with E-state index in [4.69, 9.17) is 5.73 Å². The molecule has 0 spiro atoms. The third kappa shape index (κ3) is 4.53. The van der Waals surface area contributed by atoms with Gasteiger partial charge in [0, 0.05) is 54.4 Å². The smallest absolute Gasteiger partial charge is 0.259 e. The molecule has 1 saturated heterocycles. The van der Waals surface area contributed by atoms with E-state index >= 15 is 0 Å². The Balaban J connectivity index is 1.51. The molecule has 0 amide bonds. The van der Waals surface area contributed by atoms with E-state index in [9.17, 15) is 18.0 Å². The van der Waals surface area contributed by atoms with Crippen LogP contribution in [0.4, 0.5) is 24.7 Å². The predicted octanol–water partition coefficient (Wildman–Crippen LogP) is 4.49. The molecule has 1 aliphatic heterocycles. The van der Waals surface area contributed by atoms with Crippen LogP contribution in [0, 0.1) is 24.5 Å². The number of aryl methyl sites for hydroxylation is 1. The summed E-state index contributed by atoms with van der Waals surface area (Å²) >= 11 is 0. The van der Waals surface area contributed by atoms with Crippen molar-refractivity contribution >= 4 is 22.3 Å². The number of fused-ring (bicyclic) bond motifs is 1. The van der Waals surface area contributed by atoms with E-state index in [0.29, 0.717) is 11.6 Å². The highest BCUT2D eigenvalue weighted by molar-refractivity contribution is 5.89. The van der Waals surface area contributed by atoms with E-state index < -0.39 is 28.5 Å². The summed E-state index contributed by atoms with van der Waals surface area (Å²) in [7, 11) is 0. The number of halogens is 3. The average molecular weight is 509 g/mol. The summed E-state index contributed by atoms with van der Waals surface area (Å²) in [6.45, 7) is 9.46. The molecular weight excluding hydrogens is 481 g/mol. The van der Waals surface area contributed by atoms with Gasteiger partial charge in [-0.3, -0.25) is 9.69 Å². The first-order valence-corrected chi connectivity index (χ1v) is 12.1. The molecule has 3 N–H and O–H groups in total. The largest absolute Gasteiger partial charge is 0.382 e. The molecule has 2 aromatic carbocycles. The number of anilines is 2. The molecule has 0 atom stereocenters. The molecule has 192 valence electrons. The number of aromatic amines is 1. The van der Waals surface area contributed by atoms with Gasteiger partial charge in [-0.25, -0.2) is 13.8 Å². The molecule has 0 bridgehead atoms. The Morgan fingerprint density at radius 2 is 1.62 bits per heavy atom. The van der Waals surface area contributed by atoms with Gasteiger partial charge >= 0.3 is 0 Å². The van der Waals surface area contributed by atoms with Crippen LogP contribution in [-0.2, 0) is 0 Å². The lowest BCUT2D eigenvalue weighted by atomic mass is 10.0. The van der Waals surface area contributed by atoms with Crippen molar-refractivity contribution < 1.29 is 13.2 Å². The van der Waals surface area contributed by atoms with Gasteiger partial charge in [0.2, 0.25) is 5.95 Å².